The van der Waals surface area contributed by atoms with Crippen LogP contribution in [0, 0.1) is 6.92 Å². The summed E-state index contributed by atoms with van der Waals surface area (Å²) >= 11 is 3.44. The maximum Gasteiger partial charge on any atom is 0.414 e. The lowest BCUT2D eigenvalue weighted by Gasteiger charge is -2.27. The third-order valence-corrected chi connectivity index (χ3v) is 3.03. The molecule has 0 saturated carbocycles. The number of hydrogen-bond acceptors (Lipinski definition) is 2. The van der Waals surface area contributed by atoms with E-state index in [9.17, 15) is 4.79 Å². The topological polar surface area (TPSA) is 29.5 Å². The van der Waals surface area contributed by atoms with E-state index in [1.807, 2.05) is 25.1 Å². The van der Waals surface area contributed by atoms with E-state index in [0.717, 1.165) is 28.7 Å². The van der Waals surface area contributed by atoms with Crippen molar-refractivity contribution in [1.82, 2.24) is 0 Å². The van der Waals surface area contributed by atoms with E-state index in [4.69, 9.17) is 4.74 Å². The molecule has 0 N–H and O–H groups in total. The Morgan fingerprint density at radius 1 is 1.47 bits per heavy atom. The number of cyclic esters (lactones) is 1. The molecule has 1 heterocycles. The molecule has 1 aromatic rings. The van der Waals surface area contributed by atoms with E-state index in [2.05, 4.69) is 15.9 Å². The minimum absolute atomic E-state index is 0.257. The zero-order valence-electron chi connectivity index (χ0n) is 8.50. The number of aryl methyl sites for hydroxylation is 1. The summed E-state index contributed by atoms with van der Waals surface area (Å²) in [6.45, 7) is 3.25. The van der Waals surface area contributed by atoms with E-state index in [1.165, 1.54) is 0 Å². The minimum Gasteiger partial charge on any atom is -0.449 e. The highest BCUT2D eigenvalue weighted by Crippen LogP contribution is 2.29. The van der Waals surface area contributed by atoms with Crippen LogP contribution in [-0.4, -0.2) is 19.2 Å². The Bertz CT molecular complexity index is 392. The highest BCUT2D eigenvalue weighted by molar-refractivity contribution is 9.10. The van der Waals surface area contributed by atoms with Crippen LogP contribution < -0.4 is 4.90 Å². The zero-order chi connectivity index (χ0) is 10.8. The quantitative estimate of drug-likeness (QED) is 0.784. The van der Waals surface area contributed by atoms with E-state index in [-0.39, 0.29) is 6.09 Å². The van der Waals surface area contributed by atoms with Gasteiger partial charge in [0.2, 0.25) is 0 Å². The number of amides is 1. The predicted octanol–water partition coefficient (Wildman–Crippen LogP) is 3.10. The van der Waals surface area contributed by atoms with E-state index < -0.39 is 0 Å². The molecule has 0 spiro atoms. The van der Waals surface area contributed by atoms with Crippen molar-refractivity contribution in [1.29, 1.82) is 0 Å². The van der Waals surface area contributed by atoms with E-state index in [1.54, 1.807) is 4.90 Å². The third kappa shape index (κ3) is 2.15. The van der Waals surface area contributed by atoms with Gasteiger partial charge in [-0.15, -0.1) is 0 Å². The van der Waals surface area contributed by atoms with Crippen LogP contribution in [0.3, 0.4) is 0 Å². The lowest BCUT2D eigenvalue weighted by molar-refractivity contribution is 0.140. The second kappa shape index (κ2) is 4.23. The molecule has 15 heavy (non-hydrogen) atoms. The van der Waals surface area contributed by atoms with Crippen LogP contribution >= 0.6 is 15.9 Å². The smallest absolute Gasteiger partial charge is 0.414 e. The van der Waals surface area contributed by atoms with Gasteiger partial charge in [-0.25, -0.2) is 4.79 Å². The molecule has 1 aliphatic heterocycles. The van der Waals surface area contributed by atoms with E-state index in [0.29, 0.717) is 6.61 Å². The maximum absolute atomic E-state index is 11.5. The molecule has 0 aliphatic carbocycles. The Morgan fingerprint density at radius 3 is 3.00 bits per heavy atom. The number of nitrogens with zero attached hydrogens (tertiary/aromatic N) is 1. The van der Waals surface area contributed by atoms with Gasteiger partial charge in [-0.3, -0.25) is 4.90 Å². The summed E-state index contributed by atoms with van der Waals surface area (Å²) in [5, 5.41) is 0. The molecule has 3 nitrogen and oxygen atoms in total. The zero-order valence-corrected chi connectivity index (χ0v) is 10.1. The number of carbonyl (C=O) groups excluding carboxylic acids is 1. The monoisotopic (exact) mass is 269 g/mol. The molecule has 1 fully saturated rings. The van der Waals surface area contributed by atoms with Crippen molar-refractivity contribution in [3.8, 4) is 0 Å². The number of ether oxygens (including phenoxy) is 1. The lowest BCUT2D eigenvalue weighted by Crippen LogP contribution is -2.37. The van der Waals surface area contributed by atoms with Crippen molar-refractivity contribution in [2.24, 2.45) is 0 Å². The largest absolute Gasteiger partial charge is 0.449 e. The van der Waals surface area contributed by atoms with Gasteiger partial charge in [0.1, 0.15) is 0 Å². The SMILES string of the molecule is Cc1ccc(Br)c(N2CCCOC2=O)c1. The molecule has 0 unspecified atom stereocenters. The molecule has 0 atom stereocenters. The maximum atomic E-state index is 11.5. The van der Waals surface area contributed by atoms with Gasteiger partial charge in [0.15, 0.2) is 0 Å². The first kappa shape index (κ1) is 10.5. The summed E-state index contributed by atoms with van der Waals surface area (Å²) in [5.41, 5.74) is 2.02. The summed E-state index contributed by atoms with van der Waals surface area (Å²) in [4.78, 5) is 13.2. The van der Waals surface area contributed by atoms with Crippen LogP contribution in [0.25, 0.3) is 0 Å². The Balaban J connectivity index is 2.34. The standard InChI is InChI=1S/C11H12BrNO2/c1-8-3-4-9(12)10(7-8)13-5-2-6-15-11(13)14/h3-4,7H,2,5-6H2,1H3. The molecule has 80 valence electrons. The summed E-state index contributed by atoms with van der Waals surface area (Å²) in [6.07, 6.45) is 0.624. The van der Waals surface area contributed by atoms with Crippen LogP contribution in [0.1, 0.15) is 12.0 Å². The Hall–Kier alpha value is -1.03. The van der Waals surface area contributed by atoms with Gasteiger partial charge in [0.05, 0.1) is 12.3 Å². The van der Waals surface area contributed by atoms with Crippen LogP contribution in [0.2, 0.25) is 0 Å². The average Bonchev–Trinajstić information content (AvgIpc) is 2.23. The van der Waals surface area contributed by atoms with Crippen LogP contribution in [-0.2, 0) is 4.74 Å². The molecule has 1 aliphatic rings. The molecule has 2 rings (SSSR count). The molecule has 0 aromatic heterocycles. The fourth-order valence-electron chi connectivity index (χ4n) is 1.60. The number of hydrogen-bond donors (Lipinski definition) is 0. The highest BCUT2D eigenvalue weighted by atomic mass is 79.9. The number of rotatable bonds is 1. The van der Waals surface area contributed by atoms with Crippen LogP contribution in [0.4, 0.5) is 10.5 Å². The second-order valence-corrected chi connectivity index (χ2v) is 4.43. The van der Waals surface area contributed by atoms with Gasteiger partial charge in [-0.05, 0) is 47.0 Å². The van der Waals surface area contributed by atoms with Gasteiger partial charge in [0.25, 0.3) is 0 Å². The minimum atomic E-state index is -0.257. The Labute approximate surface area is 97.2 Å². The fraction of sp³-hybridized carbons (Fsp3) is 0.364. The molecule has 0 bridgehead atoms. The van der Waals surface area contributed by atoms with Crippen molar-refractivity contribution >= 4 is 27.7 Å². The van der Waals surface area contributed by atoms with Gasteiger partial charge in [0, 0.05) is 11.0 Å². The number of benzene rings is 1. The molecule has 0 radical (unpaired) electrons. The van der Waals surface area contributed by atoms with Gasteiger partial charge in [-0.1, -0.05) is 6.07 Å². The summed E-state index contributed by atoms with van der Waals surface area (Å²) in [6, 6.07) is 5.94. The number of anilines is 1. The molecule has 1 saturated heterocycles. The van der Waals surface area contributed by atoms with Crippen molar-refractivity contribution in [3.05, 3.63) is 28.2 Å². The first-order chi connectivity index (χ1) is 7.18. The van der Waals surface area contributed by atoms with Crippen molar-refractivity contribution in [2.75, 3.05) is 18.1 Å². The number of carbonyl (C=O) groups is 1. The summed E-state index contributed by atoms with van der Waals surface area (Å²) < 4.78 is 5.93. The molecule has 4 heteroatoms. The van der Waals surface area contributed by atoms with Gasteiger partial charge in [-0.2, -0.15) is 0 Å². The van der Waals surface area contributed by atoms with Gasteiger partial charge >= 0.3 is 6.09 Å². The predicted molar refractivity (Wildman–Crippen MR) is 62.2 cm³/mol. The fourth-order valence-corrected chi connectivity index (χ4v) is 2.06. The van der Waals surface area contributed by atoms with Crippen LogP contribution in [0.15, 0.2) is 22.7 Å². The first-order valence-corrected chi connectivity index (χ1v) is 5.68. The Kier molecular flexibility index (Phi) is 2.95. The first-order valence-electron chi connectivity index (χ1n) is 4.89. The van der Waals surface area contributed by atoms with Gasteiger partial charge < -0.3 is 4.74 Å². The molecular weight excluding hydrogens is 258 g/mol. The van der Waals surface area contributed by atoms with Crippen molar-refractivity contribution < 1.29 is 9.53 Å². The average molecular weight is 270 g/mol. The third-order valence-electron chi connectivity index (χ3n) is 2.36. The van der Waals surface area contributed by atoms with Crippen LogP contribution in [0.5, 0.6) is 0 Å². The Morgan fingerprint density at radius 2 is 2.27 bits per heavy atom. The highest BCUT2D eigenvalue weighted by Gasteiger charge is 2.22. The second-order valence-electron chi connectivity index (χ2n) is 3.57. The normalized spacial score (nSPS) is 16.4. The molecule has 1 amide bonds. The van der Waals surface area contributed by atoms with E-state index >= 15 is 0 Å². The number of halogens is 1. The van der Waals surface area contributed by atoms with Crippen molar-refractivity contribution in [2.45, 2.75) is 13.3 Å². The lowest BCUT2D eigenvalue weighted by atomic mass is 10.2. The molecular formula is C11H12BrNO2. The van der Waals surface area contributed by atoms with Crippen molar-refractivity contribution in [3.63, 3.8) is 0 Å². The summed E-state index contributed by atoms with van der Waals surface area (Å²) in [7, 11) is 0. The molecule has 1 aromatic carbocycles. The summed E-state index contributed by atoms with van der Waals surface area (Å²) in [5.74, 6) is 0.